The Morgan fingerprint density at radius 1 is 1.32 bits per heavy atom. The van der Waals surface area contributed by atoms with Crippen molar-refractivity contribution in [3.8, 4) is 5.75 Å². The van der Waals surface area contributed by atoms with Gasteiger partial charge in [0.2, 0.25) is 5.91 Å². The van der Waals surface area contributed by atoms with E-state index in [1.54, 1.807) is 0 Å². The van der Waals surface area contributed by atoms with E-state index in [1.165, 1.54) is 0 Å². The second-order valence-corrected chi connectivity index (χ2v) is 4.87. The van der Waals surface area contributed by atoms with Crippen LogP contribution >= 0.6 is 0 Å². The van der Waals surface area contributed by atoms with Gasteiger partial charge < -0.3 is 15.2 Å². The number of benzene rings is 1. The number of hydrogen-bond donors (Lipinski definition) is 2. The normalized spacial score (nSPS) is 12.2. The predicted octanol–water partition coefficient (Wildman–Crippen LogP) is 1.98. The van der Waals surface area contributed by atoms with E-state index in [-0.39, 0.29) is 24.5 Å². The molecule has 0 aliphatic carbocycles. The highest BCUT2D eigenvalue weighted by Gasteiger charge is 2.14. The molecule has 0 saturated carbocycles. The fourth-order valence-corrected chi connectivity index (χ4v) is 1.64. The van der Waals surface area contributed by atoms with Crippen LogP contribution in [0.5, 0.6) is 5.75 Å². The Hall–Kier alpha value is -1.55. The Labute approximate surface area is 114 Å². The molecule has 0 aromatic heterocycles. The number of hydrogen-bond acceptors (Lipinski definition) is 3. The van der Waals surface area contributed by atoms with E-state index < -0.39 is 0 Å². The molecule has 106 valence electrons. The number of ether oxygens (including phenoxy) is 1. The molecule has 19 heavy (non-hydrogen) atoms. The molecule has 0 aliphatic rings. The maximum Gasteiger partial charge on any atom is 0.220 e. The minimum absolute atomic E-state index is 0.0239. The molecule has 1 unspecified atom stereocenters. The summed E-state index contributed by atoms with van der Waals surface area (Å²) < 4.78 is 5.51. The molecule has 1 aromatic carbocycles. The maximum absolute atomic E-state index is 11.7. The van der Waals surface area contributed by atoms with Crippen LogP contribution in [0.25, 0.3) is 0 Å². The Kier molecular flexibility index (Phi) is 6.97. The summed E-state index contributed by atoms with van der Waals surface area (Å²) in [4.78, 5) is 11.7. The SMILES string of the molecule is CC(C)C(CO)NC(=O)CCCOc1ccccc1. The van der Waals surface area contributed by atoms with Gasteiger partial charge in [-0.1, -0.05) is 32.0 Å². The molecule has 4 nitrogen and oxygen atoms in total. The molecule has 4 heteroatoms. The van der Waals surface area contributed by atoms with Crippen molar-refractivity contribution < 1.29 is 14.6 Å². The van der Waals surface area contributed by atoms with Crippen LogP contribution in [0.2, 0.25) is 0 Å². The lowest BCUT2D eigenvalue weighted by Gasteiger charge is -2.19. The number of aliphatic hydroxyl groups is 1. The molecule has 0 heterocycles. The van der Waals surface area contributed by atoms with Crippen LogP contribution in [0.3, 0.4) is 0 Å². The number of rotatable bonds is 8. The lowest BCUT2D eigenvalue weighted by molar-refractivity contribution is -0.122. The van der Waals surface area contributed by atoms with Gasteiger partial charge in [0.15, 0.2) is 0 Å². The largest absolute Gasteiger partial charge is 0.494 e. The number of para-hydroxylation sites is 1. The summed E-state index contributed by atoms with van der Waals surface area (Å²) in [5, 5.41) is 11.9. The molecular formula is C15H23NO3. The monoisotopic (exact) mass is 265 g/mol. The van der Waals surface area contributed by atoms with E-state index in [2.05, 4.69) is 5.32 Å². The van der Waals surface area contributed by atoms with Gasteiger partial charge in [0.1, 0.15) is 5.75 Å². The van der Waals surface area contributed by atoms with Crippen molar-refractivity contribution in [3.63, 3.8) is 0 Å². The van der Waals surface area contributed by atoms with Crippen LogP contribution in [-0.2, 0) is 4.79 Å². The summed E-state index contributed by atoms with van der Waals surface area (Å²) in [7, 11) is 0. The van der Waals surface area contributed by atoms with E-state index in [9.17, 15) is 4.79 Å². The molecule has 1 rings (SSSR count). The lowest BCUT2D eigenvalue weighted by Crippen LogP contribution is -2.41. The van der Waals surface area contributed by atoms with Crippen molar-refractivity contribution in [2.45, 2.75) is 32.7 Å². The molecule has 1 amide bonds. The Balaban J connectivity index is 2.17. The van der Waals surface area contributed by atoms with Gasteiger partial charge in [-0.3, -0.25) is 4.79 Å². The highest BCUT2D eigenvalue weighted by molar-refractivity contribution is 5.76. The zero-order valence-corrected chi connectivity index (χ0v) is 11.6. The van der Waals surface area contributed by atoms with Crippen molar-refractivity contribution >= 4 is 5.91 Å². The van der Waals surface area contributed by atoms with Crippen molar-refractivity contribution in [1.82, 2.24) is 5.32 Å². The first-order chi connectivity index (χ1) is 9.13. The Morgan fingerprint density at radius 2 is 2.00 bits per heavy atom. The van der Waals surface area contributed by atoms with Crippen molar-refractivity contribution in [2.24, 2.45) is 5.92 Å². The highest BCUT2D eigenvalue weighted by Crippen LogP contribution is 2.09. The Morgan fingerprint density at radius 3 is 2.58 bits per heavy atom. The van der Waals surface area contributed by atoms with E-state index in [4.69, 9.17) is 9.84 Å². The third-order valence-corrected chi connectivity index (χ3v) is 2.91. The number of carbonyl (C=O) groups excluding carboxylic acids is 1. The van der Waals surface area contributed by atoms with Crippen LogP contribution in [0.15, 0.2) is 30.3 Å². The zero-order valence-electron chi connectivity index (χ0n) is 11.6. The molecule has 2 N–H and O–H groups in total. The lowest BCUT2D eigenvalue weighted by atomic mass is 10.1. The molecule has 1 aromatic rings. The van der Waals surface area contributed by atoms with Crippen LogP contribution in [0.1, 0.15) is 26.7 Å². The molecule has 0 saturated heterocycles. The van der Waals surface area contributed by atoms with Gasteiger partial charge in [0.25, 0.3) is 0 Å². The van der Waals surface area contributed by atoms with Crippen LogP contribution in [0, 0.1) is 5.92 Å². The van der Waals surface area contributed by atoms with Gasteiger partial charge >= 0.3 is 0 Å². The highest BCUT2D eigenvalue weighted by atomic mass is 16.5. The predicted molar refractivity (Wildman–Crippen MR) is 75.0 cm³/mol. The third kappa shape index (κ3) is 6.25. The molecule has 0 fully saturated rings. The Bertz CT molecular complexity index is 365. The van der Waals surface area contributed by atoms with Crippen molar-refractivity contribution in [2.75, 3.05) is 13.2 Å². The molecule has 0 spiro atoms. The zero-order chi connectivity index (χ0) is 14.1. The summed E-state index contributed by atoms with van der Waals surface area (Å²) in [6.07, 6.45) is 1.08. The molecule has 0 bridgehead atoms. The van der Waals surface area contributed by atoms with Gasteiger partial charge in [-0.05, 0) is 24.5 Å². The van der Waals surface area contributed by atoms with Gasteiger partial charge in [-0.15, -0.1) is 0 Å². The minimum atomic E-state index is -0.164. The van der Waals surface area contributed by atoms with E-state index >= 15 is 0 Å². The standard InChI is InChI=1S/C15H23NO3/c1-12(2)14(11-17)16-15(18)9-6-10-19-13-7-4-3-5-8-13/h3-5,7-8,12,14,17H,6,9-11H2,1-2H3,(H,16,18). The van der Waals surface area contributed by atoms with E-state index in [0.29, 0.717) is 19.4 Å². The fourth-order valence-electron chi connectivity index (χ4n) is 1.64. The van der Waals surface area contributed by atoms with E-state index in [0.717, 1.165) is 5.75 Å². The first-order valence-corrected chi connectivity index (χ1v) is 6.71. The molecular weight excluding hydrogens is 242 g/mol. The first-order valence-electron chi connectivity index (χ1n) is 6.71. The summed E-state index contributed by atoms with van der Waals surface area (Å²) in [6, 6.07) is 9.37. The second-order valence-electron chi connectivity index (χ2n) is 4.87. The molecule has 0 aliphatic heterocycles. The van der Waals surface area contributed by atoms with Crippen molar-refractivity contribution in [1.29, 1.82) is 0 Å². The van der Waals surface area contributed by atoms with Gasteiger partial charge in [0.05, 0.1) is 19.3 Å². The van der Waals surface area contributed by atoms with Gasteiger partial charge in [0, 0.05) is 6.42 Å². The average Bonchev–Trinajstić information content (AvgIpc) is 2.42. The number of nitrogens with one attached hydrogen (secondary N) is 1. The number of amides is 1. The van der Waals surface area contributed by atoms with Gasteiger partial charge in [-0.25, -0.2) is 0 Å². The van der Waals surface area contributed by atoms with E-state index in [1.807, 2.05) is 44.2 Å². The van der Waals surface area contributed by atoms with Crippen LogP contribution in [0.4, 0.5) is 0 Å². The van der Waals surface area contributed by atoms with Crippen LogP contribution in [-0.4, -0.2) is 30.3 Å². The smallest absolute Gasteiger partial charge is 0.220 e. The van der Waals surface area contributed by atoms with Gasteiger partial charge in [-0.2, -0.15) is 0 Å². The minimum Gasteiger partial charge on any atom is -0.494 e. The fraction of sp³-hybridized carbons (Fsp3) is 0.533. The quantitative estimate of drug-likeness (QED) is 0.707. The maximum atomic E-state index is 11.7. The topological polar surface area (TPSA) is 58.6 Å². The van der Waals surface area contributed by atoms with Crippen LogP contribution < -0.4 is 10.1 Å². The molecule has 1 atom stereocenters. The first kappa shape index (κ1) is 15.5. The second kappa shape index (κ2) is 8.53. The summed E-state index contributed by atoms with van der Waals surface area (Å²) >= 11 is 0. The number of aliphatic hydroxyl groups excluding tert-OH is 1. The number of carbonyl (C=O) groups is 1. The molecule has 0 radical (unpaired) electrons. The average molecular weight is 265 g/mol. The summed E-state index contributed by atoms with van der Waals surface area (Å²) in [5.41, 5.74) is 0. The summed E-state index contributed by atoms with van der Waals surface area (Å²) in [6.45, 7) is 4.44. The van der Waals surface area contributed by atoms with Crippen molar-refractivity contribution in [3.05, 3.63) is 30.3 Å². The third-order valence-electron chi connectivity index (χ3n) is 2.91. The summed E-state index contributed by atoms with van der Waals surface area (Å²) in [5.74, 6) is 1.01.